The van der Waals surface area contributed by atoms with E-state index in [2.05, 4.69) is 23.5 Å². The Morgan fingerprint density at radius 1 is 1.11 bits per heavy atom. The molecule has 8 nitrogen and oxygen atoms in total. The lowest BCUT2D eigenvalue weighted by molar-refractivity contribution is -0.135. The van der Waals surface area contributed by atoms with Crippen molar-refractivity contribution in [2.75, 3.05) is 19.7 Å². The third-order valence-corrected chi connectivity index (χ3v) is 6.51. The number of unbranched alkanes of at least 4 members (excludes halogenated alkanes) is 1. The van der Waals surface area contributed by atoms with Crippen LogP contribution in [-0.4, -0.2) is 53.7 Å². The first-order valence-electron chi connectivity index (χ1n) is 11.7. The molecule has 2 aromatic carbocycles. The van der Waals surface area contributed by atoms with Gasteiger partial charge in [-0.25, -0.2) is 9.59 Å². The number of amides is 2. The average Bonchev–Trinajstić information content (AvgIpc) is 3.20. The van der Waals surface area contributed by atoms with Crippen LogP contribution in [0.3, 0.4) is 0 Å². The molecule has 2 amide bonds. The maximum absolute atomic E-state index is 13.1. The summed E-state index contributed by atoms with van der Waals surface area (Å²) in [6, 6.07) is 17.3. The molecule has 2 aromatic rings. The lowest BCUT2D eigenvalue weighted by Crippen LogP contribution is -2.50. The Hall–Kier alpha value is -4.12. The van der Waals surface area contributed by atoms with Gasteiger partial charge in [-0.1, -0.05) is 54.6 Å². The van der Waals surface area contributed by atoms with Gasteiger partial charge >= 0.3 is 12.1 Å². The van der Waals surface area contributed by atoms with Crippen LogP contribution in [0.1, 0.15) is 42.7 Å². The number of hydrogen-bond donors (Lipinski definition) is 2. The minimum absolute atomic E-state index is 0.0949. The molecule has 1 aliphatic carbocycles. The SMILES string of the molecule is N#CCCCC(NC(=O)OCC1c2ccccc2-c2ccccc21)C(=O)N1CC=C(C(=O)O)CC1. The summed E-state index contributed by atoms with van der Waals surface area (Å²) in [4.78, 5) is 38.5. The molecule has 0 aromatic heterocycles. The number of aliphatic carboxylic acids is 1. The fraction of sp³-hybridized carbons (Fsp3) is 0.333. The lowest BCUT2D eigenvalue weighted by Gasteiger charge is -2.29. The highest BCUT2D eigenvalue weighted by Gasteiger charge is 2.31. The number of alkyl carbamates (subject to hydrolysis) is 1. The van der Waals surface area contributed by atoms with Crippen molar-refractivity contribution in [1.82, 2.24) is 10.2 Å². The lowest BCUT2D eigenvalue weighted by atomic mass is 9.98. The van der Waals surface area contributed by atoms with Gasteiger partial charge in [0.1, 0.15) is 12.6 Å². The Kier molecular flexibility index (Phi) is 7.46. The molecule has 2 N–H and O–H groups in total. The molecule has 1 atom stereocenters. The molecule has 0 spiro atoms. The highest BCUT2D eigenvalue weighted by Crippen LogP contribution is 2.44. The Morgan fingerprint density at radius 2 is 1.77 bits per heavy atom. The number of nitrogens with one attached hydrogen (secondary N) is 1. The quantitative estimate of drug-likeness (QED) is 0.563. The number of fused-ring (bicyclic) bond motifs is 3. The summed E-state index contributed by atoms with van der Waals surface area (Å²) in [5, 5.41) is 20.7. The van der Waals surface area contributed by atoms with Gasteiger partial charge in [0.15, 0.2) is 0 Å². The zero-order valence-corrected chi connectivity index (χ0v) is 19.3. The van der Waals surface area contributed by atoms with Crippen LogP contribution in [0.2, 0.25) is 0 Å². The molecule has 8 heteroatoms. The van der Waals surface area contributed by atoms with Crippen molar-refractivity contribution in [1.29, 1.82) is 5.26 Å². The predicted molar refractivity (Wildman–Crippen MR) is 128 cm³/mol. The maximum atomic E-state index is 13.1. The predicted octanol–water partition coefficient (Wildman–Crippen LogP) is 3.83. The largest absolute Gasteiger partial charge is 0.478 e. The van der Waals surface area contributed by atoms with Gasteiger partial charge in [0.2, 0.25) is 5.91 Å². The minimum Gasteiger partial charge on any atom is -0.478 e. The smallest absolute Gasteiger partial charge is 0.407 e. The second-order valence-electron chi connectivity index (χ2n) is 8.64. The van der Waals surface area contributed by atoms with Gasteiger partial charge in [-0.2, -0.15) is 5.26 Å². The van der Waals surface area contributed by atoms with Crippen LogP contribution in [0.25, 0.3) is 11.1 Å². The van der Waals surface area contributed by atoms with Gasteiger partial charge in [-0.15, -0.1) is 0 Å². The Balaban J connectivity index is 1.41. The van der Waals surface area contributed by atoms with Crippen LogP contribution in [-0.2, 0) is 14.3 Å². The van der Waals surface area contributed by atoms with Crippen molar-refractivity contribution in [2.45, 2.75) is 37.6 Å². The standard InChI is InChI=1S/C27H27N3O5/c28-14-6-5-11-24(25(31)30-15-12-18(13-16-30)26(32)33)29-27(34)35-17-23-21-9-3-1-7-19(21)20-8-2-4-10-22(20)23/h1-4,7-10,12,23-24H,5-6,11,13,15-17H2,(H,29,34)(H,32,33). The van der Waals surface area contributed by atoms with Gasteiger partial charge in [0.05, 0.1) is 6.07 Å². The average molecular weight is 474 g/mol. The summed E-state index contributed by atoms with van der Waals surface area (Å²) in [7, 11) is 0. The Bertz CT molecular complexity index is 1150. The van der Waals surface area contributed by atoms with Gasteiger partial charge < -0.3 is 20.1 Å². The van der Waals surface area contributed by atoms with E-state index in [9.17, 15) is 14.4 Å². The van der Waals surface area contributed by atoms with Crippen LogP contribution >= 0.6 is 0 Å². The number of hydrogen-bond acceptors (Lipinski definition) is 5. The number of carbonyl (C=O) groups is 3. The van der Waals surface area contributed by atoms with Crippen LogP contribution in [0.4, 0.5) is 4.79 Å². The number of rotatable bonds is 8. The van der Waals surface area contributed by atoms with E-state index in [1.165, 1.54) is 11.0 Å². The van der Waals surface area contributed by atoms with Crippen molar-refractivity contribution >= 4 is 18.0 Å². The molecule has 0 saturated carbocycles. The number of carboxylic acids is 1. The normalized spacial score (nSPS) is 15.3. The van der Waals surface area contributed by atoms with Crippen molar-refractivity contribution in [3.05, 3.63) is 71.3 Å². The zero-order valence-electron chi connectivity index (χ0n) is 19.3. The van der Waals surface area contributed by atoms with Crippen molar-refractivity contribution in [3.8, 4) is 17.2 Å². The van der Waals surface area contributed by atoms with E-state index in [0.29, 0.717) is 12.8 Å². The first-order valence-corrected chi connectivity index (χ1v) is 11.7. The van der Waals surface area contributed by atoms with Crippen LogP contribution in [0.5, 0.6) is 0 Å². The molecule has 0 radical (unpaired) electrons. The highest BCUT2D eigenvalue weighted by molar-refractivity contribution is 5.89. The summed E-state index contributed by atoms with van der Waals surface area (Å²) < 4.78 is 5.59. The zero-order chi connectivity index (χ0) is 24.8. The molecule has 1 aliphatic heterocycles. The fourth-order valence-corrected chi connectivity index (χ4v) is 4.71. The molecule has 0 saturated heterocycles. The topological polar surface area (TPSA) is 120 Å². The number of benzene rings is 2. The van der Waals surface area contributed by atoms with E-state index < -0.39 is 18.1 Å². The monoisotopic (exact) mass is 473 g/mol. The highest BCUT2D eigenvalue weighted by atomic mass is 16.5. The van der Waals surface area contributed by atoms with Crippen LogP contribution in [0, 0.1) is 11.3 Å². The van der Waals surface area contributed by atoms with E-state index in [4.69, 9.17) is 15.1 Å². The first kappa shape index (κ1) is 24.0. The minimum atomic E-state index is -0.987. The van der Waals surface area contributed by atoms with Crippen molar-refractivity contribution in [3.63, 3.8) is 0 Å². The summed E-state index contributed by atoms with van der Waals surface area (Å²) in [6.45, 7) is 0.563. The Labute approximate surface area is 203 Å². The summed E-state index contributed by atoms with van der Waals surface area (Å²) in [6.07, 6.45) is 2.07. The van der Waals surface area contributed by atoms with Gasteiger partial charge in [-0.3, -0.25) is 4.79 Å². The van der Waals surface area contributed by atoms with E-state index in [0.717, 1.165) is 22.3 Å². The van der Waals surface area contributed by atoms with E-state index >= 15 is 0 Å². The summed E-state index contributed by atoms with van der Waals surface area (Å²) >= 11 is 0. The molecule has 1 unspecified atom stereocenters. The molecule has 1 heterocycles. The van der Waals surface area contributed by atoms with E-state index in [1.807, 2.05) is 36.4 Å². The van der Waals surface area contributed by atoms with Crippen molar-refractivity contribution in [2.24, 2.45) is 0 Å². The summed E-state index contributed by atoms with van der Waals surface area (Å²) in [5.74, 6) is -1.39. The molecular formula is C27H27N3O5. The number of ether oxygens (including phenoxy) is 1. The Morgan fingerprint density at radius 3 is 2.34 bits per heavy atom. The number of carbonyl (C=O) groups excluding carboxylic acids is 2. The molecule has 180 valence electrons. The molecule has 2 aliphatic rings. The van der Waals surface area contributed by atoms with Crippen molar-refractivity contribution < 1.29 is 24.2 Å². The number of nitrogens with zero attached hydrogens (tertiary/aromatic N) is 2. The second-order valence-corrected chi connectivity index (χ2v) is 8.64. The summed E-state index contributed by atoms with van der Waals surface area (Å²) in [5.41, 5.74) is 4.72. The van der Waals surface area contributed by atoms with Gasteiger partial charge in [0, 0.05) is 31.0 Å². The van der Waals surface area contributed by atoms with Gasteiger partial charge in [0.25, 0.3) is 0 Å². The second kappa shape index (κ2) is 10.9. The third kappa shape index (κ3) is 5.35. The molecule has 0 fully saturated rings. The van der Waals surface area contributed by atoms with Crippen LogP contribution < -0.4 is 5.32 Å². The molecule has 35 heavy (non-hydrogen) atoms. The van der Waals surface area contributed by atoms with E-state index in [1.54, 1.807) is 0 Å². The van der Waals surface area contributed by atoms with E-state index in [-0.39, 0.29) is 49.9 Å². The molecule has 4 rings (SSSR count). The maximum Gasteiger partial charge on any atom is 0.407 e. The van der Waals surface area contributed by atoms with Gasteiger partial charge in [-0.05, 0) is 41.5 Å². The first-order chi connectivity index (χ1) is 17.0. The third-order valence-electron chi connectivity index (χ3n) is 6.51. The fourth-order valence-electron chi connectivity index (χ4n) is 4.71. The molecule has 0 bridgehead atoms. The number of nitriles is 1. The molecular weight excluding hydrogens is 446 g/mol. The van der Waals surface area contributed by atoms with Crippen LogP contribution in [0.15, 0.2) is 60.2 Å². The number of carboxylic acid groups (broad SMARTS) is 1.